The Morgan fingerprint density at radius 1 is 1.28 bits per heavy atom. The topological polar surface area (TPSA) is 65.6 Å². The van der Waals surface area contributed by atoms with Crippen molar-refractivity contribution in [2.24, 2.45) is 0 Å². The maximum Gasteiger partial charge on any atom is 0.340 e. The van der Waals surface area contributed by atoms with E-state index in [-0.39, 0.29) is 11.7 Å². The Hall–Kier alpha value is -1.96. The summed E-state index contributed by atoms with van der Waals surface area (Å²) >= 11 is 5.16. The smallest absolute Gasteiger partial charge is 0.340 e. The maximum atomic E-state index is 12.9. The summed E-state index contributed by atoms with van der Waals surface area (Å²) in [6, 6.07) is 10.1. The highest BCUT2D eigenvalue weighted by Gasteiger charge is 2.27. The predicted octanol–water partition coefficient (Wildman–Crippen LogP) is 5.48. The van der Waals surface area contributed by atoms with Crippen molar-refractivity contribution in [2.75, 3.05) is 20.7 Å². The first-order chi connectivity index (χ1) is 13.8. The number of halogens is 1. The molecule has 7 heteroatoms. The first kappa shape index (κ1) is 21.7. The van der Waals surface area contributed by atoms with Crippen molar-refractivity contribution in [3.05, 3.63) is 57.2 Å². The fourth-order valence-electron chi connectivity index (χ4n) is 3.35. The van der Waals surface area contributed by atoms with Crippen LogP contribution in [0.2, 0.25) is 0 Å². The lowest BCUT2D eigenvalue weighted by Crippen LogP contribution is -2.13. The number of phenols is 1. The lowest BCUT2D eigenvalue weighted by Gasteiger charge is -2.16. The SMILES string of the molecule is CCOC(=O)c1c(CSc2ccccc2)[nH]c2c(C)c(Br)c(O)c(CN(C)C)c12. The van der Waals surface area contributed by atoms with Crippen LogP contribution in [0.5, 0.6) is 5.75 Å². The quantitative estimate of drug-likeness (QED) is 0.349. The number of aromatic amines is 1. The van der Waals surface area contributed by atoms with Crippen LogP contribution in [0.1, 0.15) is 34.1 Å². The molecule has 0 radical (unpaired) electrons. The fraction of sp³-hybridized carbons (Fsp3) is 0.318. The Morgan fingerprint density at radius 2 is 1.97 bits per heavy atom. The number of ether oxygens (including phenoxy) is 1. The van der Waals surface area contributed by atoms with Crippen molar-refractivity contribution in [1.29, 1.82) is 0 Å². The molecule has 29 heavy (non-hydrogen) atoms. The lowest BCUT2D eigenvalue weighted by atomic mass is 10.0. The van der Waals surface area contributed by atoms with E-state index < -0.39 is 0 Å². The van der Waals surface area contributed by atoms with Gasteiger partial charge in [-0.05, 0) is 61.6 Å². The molecule has 2 N–H and O–H groups in total. The van der Waals surface area contributed by atoms with E-state index in [2.05, 4.69) is 20.9 Å². The third kappa shape index (κ3) is 4.47. The van der Waals surface area contributed by atoms with E-state index in [0.717, 1.165) is 27.1 Å². The monoisotopic (exact) mass is 476 g/mol. The minimum Gasteiger partial charge on any atom is -0.506 e. The van der Waals surface area contributed by atoms with Crippen LogP contribution in [0.15, 0.2) is 39.7 Å². The van der Waals surface area contributed by atoms with Gasteiger partial charge in [0, 0.05) is 33.8 Å². The molecular formula is C22H25BrN2O3S. The molecule has 2 aromatic carbocycles. The third-order valence-corrected chi connectivity index (χ3v) is 6.67. The summed E-state index contributed by atoms with van der Waals surface area (Å²) in [5.41, 5.74) is 3.72. The van der Waals surface area contributed by atoms with Crippen molar-refractivity contribution in [3.8, 4) is 5.75 Å². The number of thioether (sulfide) groups is 1. The first-order valence-corrected chi connectivity index (χ1v) is 11.2. The van der Waals surface area contributed by atoms with Crippen molar-refractivity contribution < 1.29 is 14.6 Å². The zero-order valence-corrected chi connectivity index (χ0v) is 19.4. The van der Waals surface area contributed by atoms with Gasteiger partial charge in [0.05, 0.1) is 22.2 Å². The van der Waals surface area contributed by atoms with Gasteiger partial charge in [0.2, 0.25) is 0 Å². The number of hydrogen-bond donors (Lipinski definition) is 2. The number of rotatable bonds is 7. The van der Waals surface area contributed by atoms with Gasteiger partial charge in [-0.3, -0.25) is 0 Å². The lowest BCUT2D eigenvalue weighted by molar-refractivity contribution is 0.0527. The van der Waals surface area contributed by atoms with Gasteiger partial charge < -0.3 is 19.7 Å². The second-order valence-electron chi connectivity index (χ2n) is 7.05. The average Bonchev–Trinajstić information content (AvgIpc) is 3.08. The molecule has 0 atom stereocenters. The number of carbonyl (C=O) groups excluding carboxylic acids is 1. The van der Waals surface area contributed by atoms with E-state index in [0.29, 0.717) is 34.5 Å². The summed E-state index contributed by atoms with van der Waals surface area (Å²) in [6.45, 7) is 4.51. The van der Waals surface area contributed by atoms with E-state index in [9.17, 15) is 9.90 Å². The Bertz CT molecular complexity index is 1030. The first-order valence-electron chi connectivity index (χ1n) is 9.39. The van der Waals surface area contributed by atoms with E-state index in [1.807, 2.05) is 56.3 Å². The minimum atomic E-state index is -0.372. The molecular weight excluding hydrogens is 452 g/mol. The largest absolute Gasteiger partial charge is 0.506 e. The minimum absolute atomic E-state index is 0.163. The van der Waals surface area contributed by atoms with Crippen LogP contribution < -0.4 is 0 Å². The number of H-pyrrole nitrogens is 1. The van der Waals surface area contributed by atoms with Crippen LogP contribution in [-0.4, -0.2) is 41.7 Å². The Morgan fingerprint density at radius 3 is 2.59 bits per heavy atom. The van der Waals surface area contributed by atoms with Crippen LogP contribution in [0.3, 0.4) is 0 Å². The van der Waals surface area contributed by atoms with Gasteiger partial charge in [-0.2, -0.15) is 0 Å². The Kier molecular flexibility index (Phi) is 6.93. The molecule has 5 nitrogen and oxygen atoms in total. The normalized spacial score (nSPS) is 11.4. The van der Waals surface area contributed by atoms with Crippen LogP contribution in [0.25, 0.3) is 10.9 Å². The summed E-state index contributed by atoms with van der Waals surface area (Å²) in [5.74, 6) is 0.380. The molecule has 0 aliphatic carbocycles. The molecule has 1 heterocycles. The molecule has 0 bridgehead atoms. The number of esters is 1. The summed E-state index contributed by atoms with van der Waals surface area (Å²) < 4.78 is 6.02. The number of carbonyl (C=O) groups is 1. The van der Waals surface area contributed by atoms with Gasteiger partial charge in [-0.15, -0.1) is 11.8 Å². The summed E-state index contributed by atoms with van der Waals surface area (Å²) in [4.78, 5) is 19.5. The summed E-state index contributed by atoms with van der Waals surface area (Å²) in [7, 11) is 3.86. The zero-order valence-electron chi connectivity index (χ0n) is 17.0. The highest BCUT2D eigenvalue weighted by Crippen LogP contribution is 2.42. The molecule has 3 aromatic rings. The highest BCUT2D eigenvalue weighted by atomic mass is 79.9. The molecule has 0 aliphatic heterocycles. The van der Waals surface area contributed by atoms with E-state index >= 15 is 0 Å². The Balaban J connectivity index is 2.21. The molecule has 1 aromatic heterocycles. The van der Waals surface area contributed by atoms with Crippen molar-refractivity contribution in [2.45, 2.75) is 31.0 Å². The molecule has 0 saturated heterocycles. The highest BCUT2D eigenvalue weighted by molar-refractivity contribution is 9.10. The number of aryl methyl sites for hydroxylation is 1. The molecule has 0 unspecified atom stereocenters. The second-order valence-corrected chi connectivity index (χ2v) is 8.90. The van der Waals surface area contributed by atoms with Crippen molar-refractivity contribution >= 4 is 44.6 Å². The molecule has 0 fully saturated rings. The van der Waals surface area contributed by atoms with Gasteiger partial charge in [-0.25, -0.2) is 4.79 Å². The standard InChI is InChI=1S/C22H25BrN2O3S/c1-5-28-22(27)18-16(12-29-14-9-7-6-8-10-14)24-20-13(2)19(23)21(26)15(17(18)20)11-25(3)4/h6-10,24,26H,5,11-12H2,1-4H3. The van der Waals surface area contributed by atoms with Gasteiger partial charge in [0.15, 0.2) is 0 Å². The number of hydrogen-bond acceptors (Lipinski definition) is 5. The molecule has 0 aliphatic rings. The maximum absolute atomic E-state index is 12.9. The van der Waals surface area contributed by atoms with Crippen molar-refractivity contribution in [3.63, 3.8) is 0 Å². The number of nitrogens with one attached hydrogen (secondary N) is 1. The Labute approximate surface area is 183 Å². The van der Waals surface area contributed by atoms with Crippen LogP contribution in [-0.2, 0) is 17.0 Å². The summed E-state index contributed by atoms with van der Waals surface area (Å²) in [6.07, 6.45) is 0. The second kappa shape index (κ2) is 9.24. The molecule has 0 saturated carbocycles. The molecule has 154 valence electrons. The number of nitrogens with zero attached hydrogens (tertiary/aromatic N) is 1. The van der Waals surface area contributed by atoms with E-state index in [1.165, 1.54) is 0 Å². The predicted molar refractivity (Wildman–Crippen MR) is 122 cm³/mol. The molecule has 0 spiro atoms. The van der Waals surface area contributed by atoms with E-state index in [1.54, 1.807) is 18.7 Å². The summed E-state index contributed by atoms with van der Waals surface area (Å²) in [5, 5.41) is 11.6. The number of phenolic OH excluding ortho intramolecular Hbond substituents is 1. The zero-order chi connectivity index (χ0) is 21.1. The van der Waals surface area contributed by atoms with Gasteiger partial charge in [-0.1, -0.05) is 18.2 Å². The molecule has 0 amide bonds. The van der Waals surface area contributed by atoms with E-state index in [4.69, 9.17) is 4.74 Å². The number of aromatic hydroxyl groups is 1. The number of aromatic nitrogens is 1. The number of benzene rings is 2. The van der Waals surface area contributed by atoms with Gasteiger partial charge in [0.1, 0.15) is 5.75 Å². The third-order valence-electron chi connectivity index (χ3n) is 4.66. The van der Waals surface area contributed by atoms with Crippen LogP contribution >= 0.6 is 27.7 Å². The van der Waals surface area contributed by atoms with Crippen LogP contribution in [0, 0.1) is 6.92 Å². The van der Waals surface area contributed by atoms with Gasteiger partial charge >= 0.3 is 5.97 Å². The van der Waals surface area contributed by atoms with Crippen molar-refractivity contribution in [1.82, 2.24) is 9.88 Å². The molecule has 3 rings (SSSR count). The van der Waals surface area contributed by atoms with Gasteiger partial charge in [0.25, 0.3) is 0 Å². The average molecular weight is 477 g/mol. The fourth-order valence-corrected chi connectivity index (χ4v) is 4.67. The van der Waals surface area contributed by atoms with Crippen LogP contribution in [0.4, 0.5) is 0 Å². The number of fused-ring (bicyclic) bond motifs is 1.